The van der Waals surface area contributed by atoms with Gasteiger partial charge in [-0.3, -0.25) is 0 Å². The van der Waals surface area contributed by atoms with Crippen LogP contribution in [0.3, 0.4) is 0 Å². The molecule has 0 aromatic heterocycles. The molecule has 1 atom stereocenters. The SMILES string of the molecule is CCCC(CCC)CCCC(CS)C[C-](C)C1CCC1. The number of hydrogen-bond acceptors (Lipinski definition) is 1. The van der Waals surface area contributed by atoms with Crippen LogP contribution in [0.1, 0.15) is 91.4 Å². The molecule has 0 nitrogen and oxygen atoms in total. The fourth-order valence-electron chi connectivity index (χ4n) is 3.73. The first-order valence-electron chi connectivity index (χ1n) is 9.14. The molecule has 120 valence electrons. The Hall–Kier alpha value is 0.350. The van der Waals surface area contributed by atoms with Crippen molar-refractivity contribution in [3.8, 4) is 0 Å². The smallest absolute Gasteiger partial charge is 0.00938 e. The summed E-state index contributed by atoms with van der Waals surface area (Å²) in [6, 6.07) is 0. The van der Waals surface area contributed by atoms with E-state index in [2.05, 4.69) is 33.4 Å². The highest BCUT2D eigenvalue weighted by molar-refractivity contribution is 7.80. The van der Waals surface area contributed by atoms with Crippen molar-refractivity contribution in [2.24, 2.45) is 17.8 Å². The standard InChI is InChI=1S/C19H37S/c1-4-8-17(9-5-2)10-6-11-18(15-20)14-16(3)19-12-7-13-19/h17-20H,4-15H2,1-3H3/q-1. The molecular formula is C19H37S-. The first-order valence-corrected chi connectivity index (χ1v) is 9.77. The molecule has 1 aliphatic carbocycles. The molecule has 1 heteroatoms. The summed E-state index contributed by atoms with van der Waals surface area (Å²) in [5.74, 6) is 5.64. The summed E-state index contributed by atoms with van der Waals surface area (Å²) in [6.07, 6.45) is 15.6. The van der Waals surface area contributed by atoms with Crippen molar-refractivity contribution >= 4 is 12.6 Å². The third kappa shape index (κ3) is 6.87. The van der Waals surface area contributed by atoms with E-state index in [0.717, 1.165) is 23.5 Å². The van der Waals surface area contributed by atoms with E-state index in [-0.39, 0.29) is 0 Å². The van der Waals surface area contributed by atoms with Crippen LogP contribution in [0.15, 0.2) is 0 Å². The second kappa shape index (κ2) is 11.0. The van der Waals surface area contributed by atoms with Gasteiger partial charge >= 0.3 is 0 Å². The van der Waals surface area contributed by atoms with E-state index in [4.69, 9.17) is 0 Å². The Kier molecular flexibility index (Phi) is 10.1. The van der Waals surface area contributed by atoms with Crippen molar-refractivity contribution in [2.75, 3.05) is 5.75 Å². The second-order valence-corrected chi connectivity index (χ2v) is 7.47. The zero-order chi connectivity index (χ0) is 14.8. The molecule has 0 aromatic carbocycles. The molecular weight excluding hydrogens is 260 g/mol. The minimum atomic E-state index is 0.836. The zero-order valence-electron chi connectivity index (χ0n) is 14.2. The van der Waals surface area contributed by atoms with Gasteiger partial charge in [0.2, 0.25) is 0 Å². The van der Waals surface area contributed by atoms with Gasteiger partial charge in [0, 0.05) is 0 Å². The molecule has 0 radical (unpaired) electrons. The Morgan fingerprint density at radius 3 is 2.05 bits per heavy atom. The van der Waals surface area contributed by atoms with Gasteiger partial charge in [-0.2, -0.15) is 31.9 Å². The van der Waals surface area contributed by atoms with E-state index in [9.17, 15) is 0 Å². The summed E-state index contributed by atoms with van der Waals surface area (Å²) in [5.41, 5.74) is 0. The largest absolute Gasteiger partial charge is 0.313 e. The quantitative estimate of drug-likeness (QED) is 0.300. The van der Waals surface area contributed by atoms with Crippen LogP contribution in [0.4, 0.5) is 0 Å². The van der Waals surface area contributed by atoms with Crippen LogP contribution in [-0.4, -0.2) is 5.75 Å². The summed E-state index contributed by atoms with van der Waals surface area (Å²) >= 11 is 4.60. The lowest BCUT2D eigenvalue weighted by atomic mass is 9.73. The molecule has 1 unspecified atom stereocenters. The van der Waals surface area contributed by atoms with Crippen molar-refractivity contribution in [3.05, 3.63) is 5.92 Å². The van der Waals surface area contributed by atoms with Gasteiger partial charge in [0.05, 0.1) is 0 Å². The monoisotopic (exact) mass is 297 g/mol. The van der Waals surface area contributed by atoms with Gasteiger partial charge in [-0.25, -0.2) is 0 Å². The van der Waals surface area contributed by atoms with Crippen LogP contribution >= 0.6 is 12.6 Å². The third-order valence-corrected chi connectivity index (χ3v) is 5.81. The summed E-state index contributed by atoms with van der Waals surface area (Å²) in [6.45, 7) is 7.06. The average molecular weight is 298 g/mol. The maximum atomic E-state index is 4.60. The molecule has 20 heavy (non-hydrogen) atoms. The molecule has 1 fully saturated rings. The topological polar surface area (TPSA) is 0 Å². The Balaban J connectivity index is 2.18. The fourth-order valence-corrected chi connectivity index (χ4v) is 4.04. The number of rotatable bonds is 12. The molecule has 0 spiro atoms. The molecule has 0 aromatic rings. The van der Waals surface area contributed by atoms with Crippen molar-refractivity contribution in [3.63, 3.8) is 0 Å². The second-order valence-electron chi connectivity index (χ2n) is 7.10. The molecule has 1 rings (SSSR count). The van der Waals surface area contributed by atoms with Gasteiger partial charge in [0.15, 0.2) is 0 Å². The van der Waals surface area contributed by atoms with Gasteiger partial charge in [0.1, 0.15) is 0 Å². The lowest BCUT2D eigenvalue weighted by Crippen LogP contribution is -2.21. The normalized spacial score (nSPS) is 17.7. The van der Waals surface area contributed by atoms with Crippen LogP contribution < -0.4 is 0 Å². The Morgan fingerprint density at radius 2 is 1.60 bits per heavy atom. The maximum Gasteiger partial charge on any atom is -0.00938 e. The molecule has 0 amide bonds. The summed E-state index contributed by atoms with van der Waals surface area (Å²) in [4.78, 5) is 0. The summed E-state index contributed by atoms with van der Waals surface area (Å²) in [7, 11) is 0. The van der Waals surface area contributed by atoms with Crippen molar-refractivity contribution < 1.29 is 0 Å². The highest BCUT2D eigenvalue weighted by atomic mass is 32.1. The lowest BCUT2D eigenvalue weighted by Gasteiger charge is -2.44. The van der Waals surface area contributed by atoms with Crippen LogP contribution in [0.25, 0.3) is 0 Å². The average Bonchev–Trinajstić information content (AvgIpc) is 2.35. The maximum absolute atomic E-state index is 4.60. The van der Waals surface area contributed by atoms with E-state index in [1.54, 1.807) is 5.92 Å². The van der Waals surface area contributed by atoms with Gasteiger partial charge in [-0.05, 0) is 11.7 Å². The Bertz CT molecular complexity index is 216. The van der Waals surface area contributed by atoms with Gasteiger partial charge in [-0.1, -0.05) is 84.0 Å². The predicted octanol–water partition coefficient (Wildman–Crippen LogP) is 6.70. The number of thiol groups is 1. The van der Waals surface area contributed by atoms with Gasteiger partial charge in [-0.15, -0.1) is 0 Å². The Labute approximate surface area is 133 Å². The minimum absolute atomic E-state index is 0.836. The van der Waals surface area contributed by atoms with Crippen LogP contribution in [0.2, 0.25) is 0 Å². The molecule has 0 heterocycles. The zero-order valence-corrected chi connectivity index (χ0v) is 15.1. The summed E-state index contributed by atoms with van der Waals surface area (Å²) < 4.78 is 0. The first-order chi connectivity index (χ1) is 9.71. The van der Waals surface area contributed by atoms with Gasteiger partial charge < -0.3 is 5.92 Å². The molecule has 0 bridgehead atoms. The van der Waals surface area contributed by atoms with Crippen LogP contribution in [0, 0.1) is 23.7 Å². The molecule has 0 saturated heterocycles. The Morgan fingerprint density at radius 1 is 1.00 bits per heavy atom. The van der Waals surface area contributed by atoms with Crippen molar-refractivity contribution in [2.45, 2.75) is 91.4 Å². The van der Waals surface area contributed by atoms with E-state index in [1.807, 2.05) is 0 Å². The fraction of sp³-hybridized carbons (Fsp3) is 0.947. The van der Waals surface area contributed by atoms with Gasteiger partial charge in [0.25, 0.3) is 0 Å². The molecule has 0 aliphatic heterocycles. The van der Waals surface area contributed by atoms with E-state index in [0.29, 0.717) is 0 Å². The molecule has 1 aliphatic rings. The van der Waals surface area contributed by atoms with Crippen LogP contribution in [0.5, 0.6) is 0 Å². The summed E-state index contributed by atoms with van der Waals surface area (Å²) in [5, 5.41) is 0. The number of hydrogen-bond donors (Lipinski definition) is 1. The van der Waals surface area contributed by atoms with Crippen molar-refractivity contribution in [1.29, 1.82) is 0 Å². The molecule has 1 saturated carbocycles. The van der Waals surface area contributed by atoms with Crippen LogP contribution in [-0.2, 0) is 0 Å². The lowest BCUT2D eigenvalue weighted by molar-refractivity contribution is 0.298. The highest BCUT2D eigenvalue weighted by Crippen LogP contribution is 2.38. The third-order valence-electron chi connectivity index (χ3n) is 5.29. The van der Waals surface area contributed by atoms with E-state index < -0.39 is 0 Å². The van der Waals surface area contributed by atoms with E-state index >= 15 is 0 Å². The minimum Gasteiger partial charge on any atom is -0.313 e. The van der Waals surface area contributed by atoms with E-state index in [1.165, 1.54) is 70.6 Å². The highest BCUT2D eigenvalue weighted by Gasteiger charge is 2.16. The first kappa shape index (κ1) is 18.4. The predicted molar refractivity (Wildman–Crippen MR) is 95.4 cm³/mol. The van der Waals surface area contributed by atoms with Crippen molar-refractivity contribution in [1.82, 2.24) is 0 Å². The molecule has 0 N–H and O–H groups in total.